The van der Waals surface area contributed by atoms with Crippen molar-refractivity contribution in [3.8, 4) is 0 Å². The molecule has 0 bridgehead atoms. The van der Waals surface area contributed by atoms with Gasteiger partial charge in [-0.25, -0.2) is 4.79 Å². The predicted molar refractivity (Wildman–Crippen MR) is 40.8 cm³/mol. The maximum atomic E-state index is 10.2. The zero-order valence-corrected chi connectivity index (χ0v) is 6.35. The molecule has 0 aliphatic heterocycles. The van der Waals surface area contributed by atoms with Crippen molar-refractivity contribution in [1.82, 2.24) is 0 Å². The number of hydrogen-bond donors (Lipinski definition) is 1. The van der Waals surface area contributed by atoms with Crippen molar-refractivity contribution in [2.45, 2.75) is 20.3 Å². The van der Waals surface area contributed by atoms with Crippen LogP contribution in [0.15, 0.2) is 23.8 Å². The van der Waals surface area contributed by atoms with Crippen molar-refractivity contribution in [3.05, 3.63) is 23.8 Å². The lowest BCUT2D eigenvalue weighted by molar-refractivity contribution is -0.132. The summed E-state index contributed by atoms with van der Waals surface area (Å²) in [7, 11) is 0. The van der Waals surface area contributed by atoms with E-state index >= 15 is 0 Å². The topological polar surface area (TPSA) is 37.3 Å². The van der Waals surface area contributed by atoms with Gasteiger partial charge in [0.2, 0.25) is 0 Å². The van der Waals surface area contributed by atoms with Crippen LogP contribution in [-0.2, 0) is 4.79 Å². The Hall–Kier alpha value is -1.05. The van der Waals surface area contributed by atoms with Gasteiger partial charge in [-0.2, -0.15) is 0 Å². The van der Waals surface area contributed by atoms with E-state index in [0.29, 0.717) is 12.0 Å². The molecule has 0 aliphatic rings. The van der Waals surface area contributed by atoms with E-state index in [2.05, 4.69) is 6.58 Å². The smallest absolute Gasteiger partial charge is 0.330 e. The fourth-order valence-corrected chi connectivity index (χ4v) is 0.415. The van der Waals surface area contributed by atoms with Crippen LogP contribution in [0.3, 0.4) is 0 Å². The number of allylic oxidation sites excluding steroid dienone is 2. The minimum Gasteiger partial charge on any atom is -0.478 e. The standard InChI is InChI=1S/C8H12O2/c1-6(2)4-5-7(3)8(9)10/h5H,1,4H2,2-3H3,(H,9,10)/b7-5+. The van der Waals surface area contributed by atoms with Gasteiger partial charge in [-0.05, 0) is 20.3 Å². The van der Waals surface area contributed by atoms with E-state index < -0.39 is 5.97 Å². The fraction of sp³-hybridized carbons (Fsp3) is 0.375. The molecular weight excluding hydrogens is 128 g/mol. The van der Waals surface area contributed by atoms with Gasteiger partial charge < -0.3 is 5.11 Å². The number of carboxylic acids is 1. The van der Waals surface area contributed by atoms with Crippen LogP contribution in [-0.4, -0.2) is 11.1 Å². The average Bonchev–Trinajstić information content (AvgIpc) is 1.82. The maximum Gasteiger partial charge on any atom is 0.330 e. The van der Waals surface area contributed by atoms with Gasteiger partial charge in [0.05, 0.1) is 0 Å². The average molecular weight is 140 g/mol. The van der Waals surface area contributed by atoms with Gasteiger partial charge in [-0.3, -0.25) is 0 Å². The van der Waals surface area contributed by atoms with Crippen LogP contribution in [0.25, 0.3) is 0 Å². The summed E-state index contributed by atoms with van der Waals surface area (Å²) in [4.78, 5) is 10.2. The Bertz CT molecular complexity index is 178. The maximum absolute atomic E-state index is 10.2. The first-order valence-corrected chi connectivity index (χ1v) is 3.08. The second-order valence-electron chi connectivity index (χ2n) is 2.35. The van der Waals surface area contributed by atoms with Gasteiger partial charge in [0.15, 0.2) is 0 Å². The van der Waals surface area contributed by atoms with Gasteiger partial charge in [0.1, 0.15) is 0 Å². The zero-order valence-electron chi connectivity index (χ0n) is 6.35. The molecule has 0 heterocycles. The molecule has 0 amide bonds. The number of rotatable bonds is 3. The Labute approximate surface area is 60.9 Å². The van der Waals surface area contributed by atoms with Crippen molar-refractivity contribution < 1.29 is 9.90 Å². The van der Waals surface area contributed by atoms with Crippen LogP contribution >= 0.6 is 0 Å². The quantitative estimate of drug-likeness (QED) is 0.480. The van der Waals surface area contributed by atoms with Crippen molar-refractivity contribution in [2.24, 2.45) is 0 Å². The molecule has 0 unspecified atom stereocenters. The minimum atomic E-state index is -0.860. The van der Waals surface area contributed by atoms with E-state index in [1.165, 1.54) is 0 Å². The van der Waals surface area contributed by atoms with E-state index in [4.69, 9.17) is 5.11 Å². The summed E-state index contributed by atoms with van der Waals surface area (Å²) in [6, 6.07) is 0. The largest absolute Gasteiger partial charge is 0.478 e. The highest BCUT2D eigenvalue weighted by Gasteiger charge is 1.96. The third-order valence-corrected chi connectivity index (χ3v) is 1.09. The van der Waals surface area contributed by atoms with Crippen LogP contribution in [0.1, 0.15) is 20.3 Å². The summed E-state index contributed by atoms with van der Waals surface area (Å²) in [5.74, 6) is -0.860. The third kappa shape index (κ3) is 3.89. The highest BCUT2D eigenvalue weighted by atomic mass is 16.4. The minimum absolute atomic E-state index is 0.378. The summed E-state index contributed by atoms with van der Waals surface area (Å²) in [5.41, 5.74) is 1.35. The first kappa shape index (κ1) is 8.95. The van der Waals surface area contributed by atoms with E-state index in [9.17, 15) is 4.79 Å². The van der Waals surface area contributed by atoms with Gasteiger partial charge in [0, 0.05) is 5.57 Å². The molecule has 10 heavy (non-hydrogen) atoms. The molecular formula is C8H12O2. The van der Waals surface area contributed by atoms with Crippen LogP contribution in [0.2, 0.25) is 0 Å². The number of aliphatic carboxylic acids is 1. The Morgan fingerprint density at radius 1 is 1.60 bits per heavy atom. The van der Waals surface area contributed by atoms with Gasteiger partial charge in [-0.1, -0.05) is 18.2 Å². The van der Waals surface area contributed by atoms with E-state index in [0.717, 1.165) is 5.57 Å². The molecule has 0 fully saturated rings. The zero-order chi connectivity index (χ0) is 8.15. The van der Waals surface area contributed by atoms with Crippen LogP contribution in [0.4, 0.5) is 0 Å². The van der Waals surface area contributed by atoms with Crippen LogP contribution < -0.4 is 0 Å². The molecule has 0 aromatic heterocycles. The Balaban J connectivity index is 3.92. The fourth-order valence-electron chi connectivity index (χ4n) is 0.415. The SMILES string of the molecule is C=C(C)C/C=C(\C)C(=O)O. The first-order valence-electron chi connectivity index (χ1n) is 3.08. The van der Waals surface area contributed by atoms with Gasteiger partial charge in [0.25, 0.3) is 0 Å². The normalized spacial score (nSPS) is 11.2. The molecule has 2 heteroatoms. The van der Waals surface area contributed by atoms with Crippen molar-refractivity contribution in [2.75, 3.05) is 0 Å². The molecule has 2 nitrogen and oxygen atoms in total. The third-order valence-electron chi connectivity index (χ3n) is 1.09. The molecule has 56 valence electrons. The van der Waals surface area contributed by atoms with Crippen molar-refractivity contribution in [1.29, 1.82) is 0 Å². The highest BCUT2D eigenvalue weighted by molar-refractivity contribution is 5.85. The molecule has 0 aromatic carbocycles. The lowest BCUT2D eigenvalue weighted by Gasteiger charge is -1.92. The summed E-state index contributed by atoms with van der Waals surface area (Å²) in [5, 5.41) is 8.40. The second-order valence-corrected chi connectivity index (χ2v) is 2.35. The number of hydrogen-bond acceptors (Lipinski definition) is 1. The summed E-state index contributed by atoms with van der Waals surface area (Å²) >= 11 is 0. The van der Waals surface area contributed by atoms with Gasteiger partial charge >= 0.3 is 5.97 Å². The Morgan fingerprint density at radius 2 is 2.10 bits per heavy atom. The monoisotopic (exact) mass is 140 g/mol. The molecule has 0 atom stereocenters. The molecule has 1 N–H and O–H groups in total. The molecule has 0 saturated heterocycles. The molecule has 0 radical (unpaired) electrons. The lowest BCUT2D eigenvalue weighted by Crippen LogP contribution is -1.95. The lowest BCUT2D eigenvalue weighted by atomic mass is 10.2. The van der Waals surface area contributed by atoms with E-state index in [1.54, 1.807) is 13.0 Å². The molecule has 0 spiro atoms. The van der Waals surface area contributed by atoms with Crippen molar-refractivity contribution in [3.63, 3.8) is 0 Å². The first-order chi connectivity index (χ1) is 4.54. The molecule has 0 aliphatic carbocycles. The Kier molecular flexibility index (Phi) is 3.47. The summed E-state index contributed by atoms with van der Waals surface area (Å²) in [6.45, 7) is 7.09. The second kappa shape index (κ2) is 3.88. The van der Waals surface area contributed by atoms with Crippen molar-refractivity contribution >= 4 is 5.97 Å². The predicted octanol–water partition coefficient (Wildman–Crippen LogP) is 1.98. The Morgan fingerprint density at radius 3 is 2.40 bits per heavy atom. The van der Waals surface area contributed by atoms with Crippen LogP contribution in [0.5, 0.6) is 0 Å². The van der Waals surface area contributed by atoms with Crippen LogP contribution in [0, 0.1) is 0 Å². The summed E-state index contributed by atoms with van der Waals surface area (Å²) < 4.78 is 0. The molecule has 0 rings (SSSR count). The van der Waals surface area contributed by atoms with E-state index in [-0.39, 0.29) is 0 Å². The van der Waals surface area contributed by atoms with Gasteiger partial charge in [-0.15, -0.1) is 0 Å². The molecule has 0 saturated carbocycles. The number of carboxylic acid groups (broad SMARTS) is 1. The highest BCUT2D eigenvalue weighted by Crippen LogP contribution is 2.01. The summed E-state index contributed by atoms with van der Waals surface area (Å²) in [6.07, 6.45) is 2.31. The molecule has 0 aromatic rings. The van der Waals surface area contributed by atoms with E-state index in [1.807, 2.05) is 6.92 Å². The number of carbonyl (C=O) groups is 1.